The maximum Gasteiger partial charge on any atom is 0.229 e. The molecule has 0 spiro atoms. The highest BCUT2D eigenvalue weighted by molar-refractivity contribution is 6.30. The van der Waals surface area contributed by atoms with Crippen LogP contribution in [0, 0.1) is 5.92 Å². The minimum absolute atomic E-state index is 0.0255. The van der Waals surface area contributed by atoms with Crippen molar-refractivity contribution in [3.63, 3.8) is 0 Å². The van der Waals surface area contributed by atoms with Gasteiger partial charge in [-0.15, -0.1) is 0 Å². The zero-order valence-electron chi connectivity index (χ0n) is 11.8. The van der Waals surface area contributed by atoms with E-state index in [9.17, 15) is 9.59 Å². The zero-order valence-corrected chi connectivity index (χ0v) is 12.6. The highest BCUT2D eigenvalue weighted by atomic mass is 35.5. The summed E-state index contributed by atoms with van der Waals surface area (Å²) in [6.45, 7) is 0.405. The minimum atomic E-state index is -0.344. The fourth-order valence-corrected chi connectivity index (χ4v) is 2.64. The summed E-state index contributed by atoms with van der Waals surface area (Å²) in [7, 11) is 0. The Bertz CT molecular complexity index is 686. The van der Waals surface area contributed by atoms with Crippen LogP contribution in [0.25, 0.3) is 0 Å². The van der Waals surface area contributed by atoms with Crippen molar-refractivity contribution >= 4 is 34.8 Å². The van der Waals surface area contributed by atoms with Crippen LogP contribution in [0.15, 0.2) is 54.6 Å². The van der Waals surface area contributed by atoms with E-state index in [0.29, 0.717) is 17.3 Å². The van der Waals surface area contributed by atoms with Crippen molar-refractivity contribution in [1.82, 2.24) is 0 Å². The van der Waals surface area contributed by atoms with E-state index in [1.165, 1.54) is 0 Å². The van der Waals surface area contributed by atoms with Crippen LogP contribution in [0.1, 0.15) is 6.42 Å². The summed E-state index contributed by atoms with van der Waals surface area (Å²) in [4.78, 5) is 26.1. The summed E-state index contributed by atoms with van der Waals surface area (Å²) in [5.74, 6) is -0.514. The van der Waals surface area contributed by atoms with Gasteiger partial charge in [-0.05, 0) is 36.4 Å². The van der Waals surface area contributed by atoms with Gasteiger partial charge >= 0.3 is 0 Å². The third kappa shape index (κ3) is 3.12. The molecule has 0 unspecified atom stereocenters. The molecule has 22 heavy (non-hydrogen) atoms. The molecule has 1 saturated heterocycles. The van der Waals surface area contributed by atoms with Gasteiger partial charge in [0.25, 0.3) is 0 Å². The molecule has 1 N–H and O–H groups in total. The number of nitrogens with one attached hydrogen (secondary N) is 1. The van der Waals surface area contributed by atoms with Crippen LogP contribution >= 0.6 is 11.6 Å². The van der Waals surface area contributed by atoms with Gasteiger partial charge < -0.3 is 10.2 Å². The number of hydrogen-bond acceptors (Lipinski definition) is 2. The van der Waals surface area contributed by atoms with Crippen LogP contribution in [0.5, 0.6) is 0 Å². The maximum absolute atomic E-state index is 12.3. The quantitative estimate of drug-likeness (QED) is 0.944. The van der Waals surface area contributed by atoms with Crippen molar-refractivity contribution in [2.75, 3.05) is 16.8 Å². The Morgan fingerprint density at radius 2 is 1.77 bits per heavy atom. The lowest BCUT2D eigenvalue weighted by atomic mass is 10.1. The van der Waals surface area contributed by atoms with E-state index < -0.39 is 0 Å². The van der Waals surface area contributed by atoms with Gasteiger partial charge in [0.05, 0.1) is 5.92 Å². The summed E-state index contributed by atoms with van der Waals surface area (Å²) < 4.78 is 0. The first-order valence-electron chi connectivity index (χ1n) is 7.05. The van der Waals surface area contributed by atoms with Crippen molar-refractivity contribution < 1.29 is 9.59 Å². The van der Waals surface area contributed by atoms with E-state index in [1.54, 1.807) is 29.2 Å². The molecule has 1 heterocycles. The number of halogens is 1. The molecule has 2 aromatic rings. The molecular formula is C17H15ClN2O2. The van der Waals surface area contributed by atoms with Gasteiger partial charge in [-0.1, -0.05) is 29.8 Å². The lowest BCUT2D eigenvalue weighted by molar-refractivity contribution is -0.122. The predicted molar refractivity (Wildman–Crippen MR) is 87.0 cm³/mol. The molecule has 0 aromatic heterocycles. The number of carbonyl (C=O) groups excluding carboxylic acids is 2. The Morgan fingerprint density at radius 3 is 2.45 bits per heavy atom. The Labute approximate surface area is 133 Å². The smallest absolute Gasteiger partial charge is 0.229 e. The van der Waals surface area contributed by atoms with Gasteiger partial charge in [0.1, 0.15) is 0 Å². The first-order chi connectivity index (χ1) is 10.6. The van der Waals surface area contributed by atoms with Crippen molar-refractivity contribution in [1.29, 1.82) is 0 Å². The standard InChI is InChI=1S/C17H15ClN2O2/c18-13-6-8-14(9-7-13)19-17(22)12-10-16(21)20(11-12)15-4-2-1-3-5-15/h1-9,12H,10-11H2,(H,19,22)/t12-/m0/s1. The van der Waals surface area contributed by atoms with Gasteiger partial charge in [0, 0.05) is 29.4 Å². The molecule has 5 heteroatoms. The van der Waals surface area contributed by atoms with Crippen molar-refractivity contribution in [3.05, 3.63) is 59.6 Å². The Morgan fingerprint density at radius 1 is 1.09 bits per heavy atom. The van der Waals surface area contributed by atoms with Crippen molar-refractivity contribution in [3.8, 4) is 0 Å². The molecule has 1 fully saturated rings. The van der Waals surface area contributed by atoms with Crippen LogP contribution in [-0.2, 0) is 9.59 Å². The van der Waals surface area contributed by atoms with Crippen molar-refractivity contribution in [2.24, 2.45) is 5.92 Å². The maximum atomic E-state index is 12.3. The molecule has 3 rings (SSSR count). The summed E-state index contributed by atoms with van der Waals surface area (Å²) in [5.41, 5.74) is 1.51. The third-order valence-corrected chi connectivity index (χ3v) is 3.93. The van der Waals surface area contributed by atoms with E-state index in [0.717, 1.165) is 5.69 Å². The molecule has 0 radical (unpaired) electrons. The van der Waals surface area contributed by atoms with Crippen molar-refractivity contribution in [2.45, 2.75) is 6.42 Å². The monoisotopic (exact) mass is 314 g/mol. The zero-order chi connectivity index (χ0) is 15.5. The minimum Gasteiger partial charge on any atom is -0.326 e. The summed E-state index contributed by atoms with van der Waals surface area (Å²) in [6, 6.07) is 16.3. The molecule has 2 aromatic carbocycles. The van der Waals surface area contributed by atoms with Crippen LogP contribution < -0.4 is 10.2 Å². The van der Waals surface area contributed by atoms with Gasteiger partial charge in [0.15, 0.2) is 0 Å². The predicted octanol–water partition coefficient (Wildman–Crippen LogP) is 3.33. The molecule has 2 amide bonds. The fraction of sp³-hybridized carbons (Fsp3) is 0.176. The van der Waals surface area contributed by atoms with Gasteiger partial charge in [-0.25, -0.2) is 0 Å². The largest absolute Gasteiger partial charge is 0.326 e. The van der Waals surface area contributed by atoms with Crippen LogP contribution in [0.2, 0.25) is 5.02 Å². The molecular weight excluding hydrogens is 300 g/mol. The first kappa shape index (κ1) is 14.6. The van der Waals surface area contributed by atoms with Crippen LogP contribution in [-0.4, -0.2) is 18.4 Å². The highest BCUT2D eigenvalue weighted by Crippen LogP contribution is 2.26. The molecule has 1 aliphatic rings. The van der Waals surface area contributed by atoms with Gasteiger partial charge in [-0.2, -0.15) is 0 Å². The first-order valence-corrected chi connectivity index (χ1v) is 7.43. The molecule has 4 nitrogen and oxygen atoms in total. The molecule has 1 aliphatic heterocycles. The second-order valence-electron chi connectivity index (χ2n) is 5.24. The molecule has 1 atom stereocenters. The number of carbonyl (C=O) groups is 2. The molecule has 0 bridgehead atoms. The third-order valence-electron chi connectivity index (χ3n) is 3.68. The van der Waals surface area contributed by atoms with E-state index >= 15 is 0 Å². The average molecular weight is 315 g/mol. The van der Waals surface area contributed by atoms with Gasteiger partial charge in [0.2, 0.25) is 11.8 Å². The van der Waals surface area contributed by atoms with Crippen LogP contribution in [0.4, 0.5) is 11.4 Å². The van der Waals surface area contributed by atoms with E-state index in [1.807, 2.05) is 30.3 Å². The highest BCUT2D eigenvalue weighted by Gasteiger charge is 2.35. The number of para-hydroxylation sites is 1. The summed E-state index contributed by atoms with van der Waals surface area (Å²) in [6.07, 6.45) is 0.230. The molecule has 0 saturated carbocycles. The summed E-state index contributed by atoms with van der Waals surface area (Å²) in [5, 5.41) is 3.44. The number of nitrogens with zero attached hydrogens (tertiary/aromatic N) is 1. The fourth-order valence-electron chi connectivity index (χ4n) is 2.52. The lowest BCUT2D eigenvalue weighted by Crippen LogP contribution is -2.28. The summed E-state index contributed by atoms with van der Waals surface area (Å²) >= 11 is 5.82. The number of amides is 2. The second kappa shape index (κ2) is 6.20. The average Bonchev–Trinajstić information content (AvgIpc) is 2.92. The Hall–Kier alpha value is -2.33. The van der Waals surface area contributed by atoms with E-state index in [-0.39, 0.29) is 24.2 Å². The Kier molecular flexibility index (Phi) is 4.11. The number of hydrogen-bond donors (Lipinski definition) is 1. The second-order valence-corrected chi connectivity index (χ2v) is 5.67. The number of rotatable bonds is 3. The molecule has 0 aliphatic carbocycles. The topological polar surface area (TPSA) is 49.4 Å². The lowest BCUT2D eigenvalue weighted by Gasteiger charge is -2.16. The van der Waals surface area contributed by atoms with Gasteiger partial charge in [-0.3, -0.25) is 9.59 Å². The number of benzene rings is 2. The normalized spacial score (nSPS) is 17.6. The van der Waals surface area contributed by atoms with E-state index in [4.69, 9.17) is 11.6 Å². The SMILES string of the molecule is O=C(Nc1ccc(Cl)cc1)[C@H]1CC(=O)N(c2ccccc2)C1. The van der Waals surface area contributed by atoms with E-state index in [2.05, 4.69) is 5.32 Å². The number of anilines is 2. The molecule has 112 valence electrons. The van der Waals surface area contributed by atoms with Crippen LogP contribution in [0.3, 0.4) is 0 Å². The Balaban J connectivity index is 1.67.